The average molecular weight is 502 g/mol. The third-order valence-electron chi connectivity index (χ3n) is 5.75. The lowest BCUT2D eigenvalue weighted by Crippen LogP contribution is -2.26. The number of ether oxygens (including phenoxy) is 1. The first-order chi connectivity index (χ1) is 17.1. The van der Waals surface area contributed by atoms with Crippen molar-refractivity contribution in [1.29, 1.82) is 0 Å². The van der Waals surface area contributed by atoms with Crippen LogP contribution in [-0.4, -0.2) is 52.7 Å². The molecule has 3 aromatic rings. The van der Waals surface area contributed by atoms with Gasteiger partial charge in [-0.2, -0.15) is 11.8 Å². The summed E-state index contributed by atoms with van der Waals surface area (Å²) >= 11 is 1.77. The van der Waals surface area contributed by atoms with Crippen molar-refractivity contribution in [3.8, 4) is 11.1 Å². The summed E-state index contributed by atoms with van der Waals surface area (Å²) in [5.41, 5.74) is 3.66. The topological polar surface area (TPSA) is 72.3 Å². The zero-order valence-electron chi connectivity index (χ0n) is 19.6. The van der Waals surface area contributed by atoms with Gasteiger partial charge >= 0.3 is 6.09 Å². The number of aromatic nitrogens is 3. The number of hydrogen-bond donors (Lipinski definition) is 1. The lowest BCUT2D eigenvalue weighted by atomic mass is 10.0. The van der Waals surface area contributed by atoms with Crippen LogP contribution >= 0.6 is 11.8 Å². The lowest BCUT2D eigenvalue weighted by molar-refractivity contribution is 0.128. The van der Waals surface area contributed by atoms with E-state index in [1.54, 1.807) is 34.8 Å². The van der Waals surface area contributed by atoms with Crippen LogP contribution in [0.15, 0.2) is 48.7 Å². The fourth-order valence-electron chi connectivity index (χ4n) is 3.90. The van der Waals surface area contributed by atoms with Crippen molar-refractivity contribution < 1.29 is 18.3 Å². The summed E-state index contributed by atoms with van der Waals surface area (Å²) in [4.78, 5) is 14.0. The highest BCUT2D eigenvalue weighted by atomic mass is 32.2. The van der Waals surface area contributed by atoms with E-state index in [1.165, 1.54) is 11.0 Å². The van der Waals surface area contributed by atoms with Gasteiger partial charge in [0.05, 0.1) is 37.3 Å². The summed E-state index contributed by atoms with van der Waals surface area (Å²) in [5.74, 6) is 1.36. The minimum Gasteiger partial charge on any atom is -0.442 e. The van der Waals surface area contributed by atoms with E-state index in [0.717, 1.165) is 28.3 Å². The molecule has 1 amide bonds. The van der Waals surface area contributed by atoms with E-state index in [4.69, 9.17) is 4.74 Å². The van der Waals surface area contributed by atoms with Crippen molar-refractivity contribution >= 4 is 23.5 Å². The molecule has 4 rings (SSSR count). The number of halogens is 2. The molecule has 2 aromatic carbocycles. The molecular formula is C25H29F2N5O2S. The molecule has 1 saturated heterocycles. The van der Waals surface area contributed by atoms with Crippen molar-refractivity contribution in [3.63, 3.8) is 0 Å². The number of rotatable bonds is 12. The van der Waals surface area contributed by atoms with Gasteiger partial charge in [-0.15, -0.1) is 5.10 Å². The molecule has 1 aromatic heterocycles. The maximum absolute atomic E-state index is 15.0. The molecular weight excluding hydrogens is 472 g/mol. The van der Waals surface area contributed by atoms with E-state index in [-0.39, 0.29) is 6.67 Å². The fraction of sp³-hybridized carbons (Fsp3) is 0.400. The second kappa shape index (κ2) is 12.1. The van der Waals surface area contributed by atoms with E-state index < -0.39 is 18.0 Å². The second-order valence-corrected chi connectivity index (χ2v) is 9.52. The molecule has 1 aliphatic heterocycles. The summed E-state index contributed by atoms with van der Waals surface area (Å²) < 4.78 is 34.5. The lowest BCUT2D eigenvalue weighted by Gasteiger charge is -2.15. The number of carbonyl (C=O) groups is 1. The smallest absolute Gasteiger partial charge is 0.414 e. The number of nitrogens with zero attached hydrogens (tertiary/aromatic N) is 4. The van der Waals surface area contributed by atoms with Gasteiger partial charge in [-0.1, -0.05) is 36.4 Å². The zero-order valence-corrected chi connectivity index (χ0v) is 20.4. The number of hydrogen-bond acceptors (Lipinski definition) is 6. The van der Waals surface area contributed by atoms with E-state index in [1.807, 2.05) is 24.3 Å². The van der Waals surface area contributed by atoms with Gasteiger partial charge in [-0.3, -0.25) is 9.29 Å². The first kappa shape index (κ1) is 25.1. The normalized spacial score (nSPS) is 15.6. The number of cyclic esters (lactones) is 1. The third-order valence-corrected chi connectivity index (χ3v) is 6.66. The molecule has 10 heteroatoms. The third kappa shape index (κ3) is 6.37. The highest BCUT2D eigenvalue weighted by Gasteiger charge is 2.33. The number of alkyl halides is 1. The molecule has 35 heavy (non-hydrogen) atoms. The summed E-state index contributed by atoms with van der Waals surface area (Å²) in [6.45, 7) is 3.71. The summed E-state index contributed by atoms with van der Waals surface area (Å²) in [6, 6.07) is 12.3. The molecule has 1 fully saturated rings. The van der Waals surface area contributed by atoms with Gasteiger partial charge in [-0.25, -0.2) is 13.9 Å². The molecule has 2 heterocycles. The van der Waals surface area contributed by atoms with Gasteiger partial charge in [0.1, 0.15) is 11.9 Å². The summed E-state index contributed by atoms with van der Waals surface area (Å²) in [6.07, 6.45) is 1.31. The number of benzene rings is 2. The molecule has 1 N–H and O–H groups in total. The van der Waals surface area contributed by atoms with Crippen LogP contribution in [0.25, 0.3) is 11.1 Å². The summed E-state index contributed by atoms with van der Waals surface area (Å²) in [7, 11) is 0. The van der Waals surface area contributed by atoms with Crippen LogP contribution in [0.1, 0.15) is 24.6 Å². The van der Waals surface area contributed by atoms with Crippen molar-refractivity contribution in [3.05, 3.63) is 65.7 Å². The van der Waals surface area contributed by atoms with E-state index in [0.29, 0.717) is 43.9 Å². The largest absolute Gasteiger partial charge is 0.442 e. The predicted octanol–water partition coefficient (Wildman–Crippen LogP) is 4.81. The van der Waals surface area contributed by atoms with Gasteiger partial charge < -0.3 is 10.1 Å². The van der Waals surface area contributed by atoms with Crippen molar-refractivity contribution in [2.24, 2.45) is 0 Å². The molecule has 1 atom stereocenters. The number of anilines is 1. The Bertz CT molecular complexity index is 1130. The molecule has 186 valence electrons. The van der Waals surface area contributed by atoms with Crippen LogP contribution in [0, 0.1) is 5.82 Å². The zero-order chi connectivity index (χ0) is 24.6. The van der Waals surface area contributed by atoms with Crippen LogP contribution in [0.5, 0.6) is 0 Å². The molecule has 0 unspecified atom stereocenters. The number of nitrogens with one attached hydrogen (secondary N) is 1. The minimum absolute atomic E-state index is 0.307. The Morgan fingerprint density at radius 1 is 1.23 bits per heavy atom. The molecule has 0 saturated carbocycles. The van der Waals surface area contributed by atoms with Gasteiger partial charge in [0.15, 0.2) is 0 Å². The summed E-state index contributed by atoms with van der Waals surface area (Å²) in [5, 5.41) is 11.3. The fourth-order valence-corrected chi connectivity index (χ4v) is 4.54. The van der Waals surface area contributed by atoms with Crippen molar-refractivity contribution in [2.45, 2.75) is 38.3 Å². The average Bonchev–Trinajstić information content (AvgIpc) is 3.46. The quantitative estimate of drug-likeness (QED) is 0.359. The first-order valence-electron chi connectivity index (χ1n) is 11.7. The van der Waals surface area contributed by atoms with E-state index in [9.17, 15) is 9.18 Å². The predicted molar refractivity (Wildman–Crippen MR) is 134 cm³/mol. The number of carbonyl (C=O) groups excluding carboxylic acids is 1. The Morgan fingerprint density at radius 2 is 2.06 bits per heavy atom. The van der Waals surface area contributed by atoms with Gasteiger partial charge in [-0.05, 0) is 48.0 Å². The van der Waals surface area contributed by atoms with Crippen LogP contribution in [0.2, 0.25) is 0 Å². The van der Waals surface area contributed by atoms with E-state index >= 15 is 4.39 Å². The minimum atomic E-state index is -0.503. The highest BCUT2D eigenvalue weighted by Crippen LogP contribution is 2.29. The second-order valence-electron chi connectivity index (χ2n) is 8.24. The monoisotopic (exact) mass is 501 g/mol. The van der Waals surface area contributed by atoms with Crippen LogP contribution in [-0.2, 0) is 23.6 Å². The SMILES string of the molecule is CCSCc1cnnn1C[C@H]1CN(c2ccc(-c3ccc(CNCCCF)cc3)c(F)c2)C(=O)O1. The van der Waals surface area contributed by atoms with Crippen LogP contribution < -0.4 is 10.2 Å². The van der Waals surface area contributed by atoms with Gasteiger partial charge in [0.2, 0.25) is 0 Å². The number of thioether (sulfide) groups is 1. The molecule has 0 spiro atoms. The van der Waals surface area contributed by atoms with Gasteiger partial charge in [0.25, 0.3) is 0 Å². The Kier molecular flexibility index (Phi) is 8.70. The Morgan fingerprint density at radius 3 is 2.80 bits per heavy atom. The molecule has 7 nitrogen and oxygen atoms in total. The molecule has 0 aliphatic carbocycles. The Labute approximate surface area is 207 Å². The molecule has 1 aliphatic rings. The standard InChI is InChI=1S/C25H29F2N5O2S/c1-2-35-17-21-14-29-30-32(21)16-22-15-31(25(33)34-22)20-8-9-23(24(27)12-20)19-6-4-18(5-7-19)13-28-11-3-10-26/h4-9,12,14,22,28H,2-3,10-11,13,15-17H2,1H3/t22-/m1/s1. The maximum atomic E-state index is 15.0. The Hall–Kier alpha value is -2.98. The number of amides is 1. The van der Waals surface area contributed by atoms with Crippen LogP contribution in [0.3, 0.4) is 0 Å². The maximum Gasteiger partial charge on any atom is 0.414 e. The highest BCUT2D eigenvalue weighted by molar-refractivity contribution is 7.98. The first-order valence-corrected chi connectivity index (χ1v) is 12.8. The molecule has 0 bridgehead atoms. The van der Waals surface area contributed by atoms with Crippen molar-refractivity contribution in [2.75, 3.05) is 30.4 Å². The van der Waals surface area contributed by atoms with E-state index in [2.05, 4.69) is 22.6 Å². The van der Waals surface area contributed by atoms with Gasteiger partial charge in [0, 0.05) is 17.9 Å². The van der Waals surface area contributed by atoms with Crippen molar-refractivity contribution in [1.82, 2.24) is 20.3 Å². The van der Waals surface area contributed by atoms with Crippen LogP contribution in [0.4, 0.5) is 19.3 Å². The molecule has 0 radical (unpaired) electrons. The Balaban J connectivity index is 1.39.